The first kappa shape index (κ1) is 10.2. The Hall–Kier alpha value is -2.01. The Morgan fingerprint density at radius 3 is 3.12 bits per heavy atom. The minimum absolute atomic E-state index is 0.300. The average molecular weight is 228 g/mol. The predicted molar refractivity (Wildman–Crippen MR) is 63.5 cm³/mol. The molecule has 0 saturated carbocycles. The van der Waals surface area contributed by atoms with Crippen LogP contribution in [0.25, 0.3) is 11.3 Å². The normalized spacial score (nSPS) is 14.4. The van der Waals surface area contributed by atoms with E-state index < -0.39 is 0 Å². The second-order valence-corrected chi connectivity index (χ2v) is 4.02. The first-order chi connectivity index (χ1) is 8.34. The van der Waals surface area contributed by atoms with Crippen molar-refractivity contribution in [3.05, 3.63) is 46.3 Å². The minimum Gasteiger partial charge on any atom is -0.311 e. The molecule has 0 bridgehead atoms. The molecule has 0 radical (unpaired) electrons. The van der Waals surface area contributed by atoms with Gasteiger partial charge in [-0.15, -0.1) is 0 Å². The highest BCUT2D eigenvalue weighted by molar-refractivity contribution is 5.62. The van der Waals surface area contributed by atoms with Gasteiger partial charge in [0.05, 0.1) is 5.69 Å². The average Bonchev–Trinajstić information content (AvgIpc) is 2.39. The van der Waals surface area contributed by atoms with E-state index in [1.54, 1.807) is 12.4 Å². The Morgan fingerprint density at radius 2 is 2.29 bits per heavy atom. The first-order valence-corrected chi connectivity index (χ1v) is 5.58. The monoisotopic (exact) mass is 228 g/mol. The number of nitrogens with zero attached hydrogens (tertiary/aromatic N) is 2. The molecule has 3 heterocycles. The molecule has 0 unspecified atom stereocenters. The third kappa shape index (κ3) is 1.85. The van der Waals surface area contributed by atoms with Crippen LogP contribution in [0.3, 0.4) is 0 Å². The smallest absolute Gasteiger partial charge is 0.311 e. The van der Waals surface area contributed by atoms with Gasteiger partial charge in [0.25, 0.3) is 0 Å². The van der Waals surface area contributed by atoms with Crippen molar-refractivity contribution in [1.29, 1.82) is 0 Å². The Morgan fingerprint density at radius 1 is 1.35 bits per heavy atom. The molecular weight excluding hydrogens is 216 g/mol. The Bertz CT molecular complexity index is 591. The minimum atomic E-state index is -0.300. The number of rotatable bonds is 1. The Labute approximate surface area is 97.9 Å². The molecule has 5 nitrogen and oxygen atoms in total. The van der Waals surface area contributed by atoms with Gasteiger partial charge in [0, 0.05) is 35.8 Å². The third-order valence-electron chi connectivity index (χ3n) is 2.91. The molecule has 0 fully saturated rings. The maximum atomic E-state index is 11.5. The highest BCUT2D eigenvalue weighted by atomic mass is 16.1. The van der Waals surface area contributed by atoms with Crippen LogP contribution in [0.2, 0.25) is 0 Å². The lowest BCUT2D eigenvalue weighted by Crippen LogP contribution is -2.29. The van der Waals surface area contributed by atoms with Crippen LogP contribution < -0.4 is 11.0 Å². The zero-order valence-electron chi connectivity index (χ0n) is 9.23. The topological polar surface area (TPSA) is 70.7 Å². The maximum Gasteiger partial charge on any atom is 0.345 e. The van der Waals surface area contributed by atoms with Gasteiger partial charge in [-0.25, -0.2) is 4.79 Å². The number of H-pyrrole nitrogens is 1. The summed E-state index contributed by atoms with van der Waals surface area (Å²) in [5.41, 5.74) is 3.42. The molecule has 5 heteroatoms. The van der Waals surface area contributed by atoms with Crippen molar-refractivity contribution < 1.29 is 0 Å². The van der Waals surface area contributed by atoms with Gasteiger partial charge in [-0.3, -0.25) is 4.98 Å². The number of nitrogens with one attached hydrogen (secondary N) is 2. The van der Waals surface area contributed by atoms with Gasteiger partial charge < -0.3 is 10.3 Å². The van der Waals surface area contributed by atoms with Crippen molar-refractivity contribution in [2.45, 2.75) is 13.0 Å². The van der Waals surface area contributed by atoms with E-state index in [9.17, 15) is 4.79 Å². The Balaban J connectivity index is 2.22. The molecule has 1 aliphatic heterocycles. The summed E-state index contributed by atoms with van der Waals surface area (Å²) < 4.78 is 0. The van der Waals surface area contributed by atoms with Crippen LogP contribution in [-0.2, 0) is 13.0 Å². The summed E-state index contributed by atoms with van der Waals surface area (Å²) in [6.07, 6.45) is 4.33. The molecule has 0 aromatic carbocycles. The summed E-state index contributed by atoms with van der Waals surface area (Å²) in [5.74, 6) is 0. The molecule has 2 aromatic heterocycles. The molecule has 86 valence electrons. The van der Waals surface area contributed by atoms with Crippen molar-refractivity contribution in [2.24, 2.45) is 0 Å². The third-order valence-corrected chi connectivity index (χ3v) is 2.91. The summed E-state index contributed by atoms with van der Waals surface area (Å²) in [6, 6.07) is 3.78. The largest absolute Gasteiger partial charge is 0.345 e. The van der Waals surface area contributed by atoms with Crippen LogP contribution in [0, 0.1) is 0 Å². The second-order valence-electron chi connectivity index (χ2n) is 4.02. The zero-order valence-corrected chi connectivity index (χ0v) is 9.23. The molecule has 1 aliphatic rings. The fourth-order valence-corrected chi connectivity index (χ4v) is 2.13. The number of aromatic nitrogens is 3. The van der Waals surface area contributed by atoms with Crippen LogP contribution in [0.4, 0.5) is 0 Å². The highest BCUT2D eigenvalue weighted by Gasteiger charge is 2.16. The molecule has 0 atom stereocenters. The molecule has 2 aromatic rings. The number of hydrogen-bond acceptors (Lipinski definition) is 4. The summed E-state index contributed by atoms with van der Waals surface area (Å²) in [4.78, 5) is 22.5. The lowest BCUT2D eigenvalue weighted by molar-refractivity contribution is 0.621. The van der Waals surface area contributed by atoms with Crippen molar-refractivity contribution >= 4 is 0 Å². The fraction of sp³-hybridized carbons (Fsp3) is 0.250. The van der Waals surface area contributed by atoms with Crippen LogP contribution in [-0.4, -0.2) is 21.5 Å². The molecular formula is C12H12N4O. The Kier molecular flexibility index (Phi) is 2.45. The van der Waals surface area contributed by atoms with Crippen molar-refractivity contribution in [3.8, 4) is 11.3 Å². The van der Waals surface area contributed by atoms with Crippen molar-refractivity contribution in [3.63, 3.8) is 0 Å². The van der Waals surface area contributed by atoms with E-state index in [-0.39, 0.29) is 5.69 Å². The van der Waals surface area contributed by atoms with E-state index in [2.05, 4.69) is 20.3 Å². The van der Waals surface area contributed by atoms with Crippen LogP contribution in [0.15, 0.2) is 29.3 Å². The van der Waals surface area contributed by atoms with Gasteiger partial charge >= 0.3 is 5.69 Å². The molecule has 3 rings (SSSR count). The number of pyridine rings is 1. The molecule has 0 aliphatic carbocycles. The maximum absolute atomic E-state index is 11.5. The van der Waals surface area contributed by atoms with Gasteiger partial charge in [0.2, 0.25) is 0 Å². The van der Waals surface area contributed by atoms with Gasteiger partial charge in [0.15, 0.2) is 0 Å². The quantitative estimate of drug-likeness (QED) is 0.744. The summed E-state index contributed by atoms with van der Waals surface area (Å²) in [6.45, 7) is 1.61. The zero-order chi connectivity index (χ0) is 11.7. The lowest BCUT2D eigenvalue weighted by Gasteiger charge is -2.18. The van der Waals surface area contributed by atoms with E-state index in [1.807, 2.05) is 12.1 Å². The van der Waals surface area contributed by atoms with E-state index in [1.165, 1.54) is 0 Å². The molecule has 0 amide bonds. The van der Waals surface area contributed by atoms with Crippen LogP contribution >= 0.6 is 0 Å². The highest BCUT2D eigenvalue weighted by Crippen LogP contribution is 2.22. The fourth-order valence-electron chi connectivity index (χ4n) is 2.13. The molecule has 0 spiro atoms. The first-order valence-electron chi connectivity index (χ1n) is 5.58. The molecule has 17 heavy (non-hydrogen) atoms. The summed E-state index contributed by atoms with van der Waals surface area (Å²) >= 11 is 0. The van der Waals surface area contributed by atoms with Gasteiger partial charge in [-0.1, -0.05) is 0 Å². The number of hydrogen-bond donors (Lipinski definition) is 2. The standard InChI is InChI=1S/C12H12N4O/c17-12-15-10-7-14-5-3-9(10)11(16-12)8-2-1-4-13-6-8/h1-2,4,6,14H,3,5,7H2,(H,15,16,17). The van der Waals surface area contributed by atoms with E-state index in [0.717, 1.165) is 35.5 Å². The van der Waals surface area contributed by atoms with Crippen molar-refractivity contribution in [2.75, 3.05) is 6.54 Å². The summed E-state index contributed by atoms with van der Waals surface area (Å²) in [7, 11) is 0. The predicted octanol–water partition coefficient (Wildman–Crippen LogP) is 0.478. The van der Waals surface area contributed by atoms with Gasteiger partial charge in [-0.2, -0.15) is 4.98 Å². The van der Waals surface area contributed by atoms with Gasteiger partial charge in [0.1, 0.15) is 0 Å². The van der Waals surface area contributed by atoms with Gasteiger partial charge in [-0.05, 0) is 25.1 Å². The SMILES string of the molecule is O=c1nc(-c2cccnc2)c2c([nH]1)CNCC2. The van der Waals surface area contributed by atoms with E-state index in [0.29, 0.717) is 6.54 Å². The van der Waals surface area contributed by atoms with Crippen LogP contribution in [0.5, 0.6) is 0 Å². The van der Waals surface area contributed by atoms with Crippen molar-refractivity contribution in [1.82, 2.24) is 20.3 Å². The number of fused-ring (bicyclic) bond motifs is 1. The van der Waals surface area contributed by atoms with E-state index in [4.69, 9.17) is 0 Å². The molecule has 0 saturated heterocycles. The lowest BCUT2D eigenvalue weighted by atomic mass is 10.0. The molecule has 2 N–H and O–H groups in total. The summed E-state index contributed by atoms with van der Waals surface area (Å²) in [5, 5.41) is 3.23. The second kappa shape index (κ2) is 4.10. The van der Waals surface area contributed by atoms with E-state index >= 15 is 0 Å². The number of aromatic amines is 1. The van der Waals surface area contributed by atoms with Crippen LogP contribution in [0.1, 0.15) is 11.3 Å².